The Kier molecular flexibility index (Phi) is 6.16. The lowest BCUT2D eigenvalue weighted by Gasteiger charge is -2.28. The second-order valence-electron chi connectivity index (χ2n) is 6.01. The summed E-state index contributed by atoms with van der Waals surface area (Å²) in [4.78, 5) is 12.2. The fraction of sp³-hybridized carbons (Fsp3) is 0.769. The SMILES string of the molecule is [SiH3]C1(CCCNc2nc(S)nc(S)n2)CCCCCC1. The summed E-state index contributed by atoms with van der Waals surface area (Å²) in [6, 6.07) is 0. The molecule has 1 saturated carbocycles. The maximum Gasteiger partial charge on any atom is 0.227 e. The van der Waals surface area contributed by atoms with Crippen LogP contribution in [0.2, 0.25) is 5.04 Å². The Morgan fingerprint density at radius 1 is 1.00 bits per heavy atom. The van der Waals surface area contributed by atoms with Crippen LogP contribution in [-0.4, -0.2) is 31.7 Å². The average molecular weight is 329 g/mol. The van der Waals surface area contributed by atoms with Crippen LogP contribution in [0.1, 0.15) is 51.4 Å². The van der Waals surface area contributed by atoms with Crippen LogP contribution in [0.3, 0.4) is 0 Å². The van der Waals surface area contributed by atoms with Gasteiger partial charge in [-0.1, -0.05) is 38.5 Å². The molecule has 0 radical (unpaired) electrons. The van der Waals surface area contributed by atoms with E-state index in [0.29, 0.717) is 21.3 Å². The lowest BCUT2D eigenvalue weighted by molar-refractivity contribution is 0.444. The fourth-order valence-electron chi connectivity index (χ4n) is 2.98. The average Bonchev–Trinajstić information content (AvgIpc) is 2.59. The Bertz CT molecular complexity index is 416. The molecule has 1 aromatic rings. The third-order valence-electron chi connectivity index (χ3n) is 4.16. The van der Waals surface area contributed by atoms with Crippen molar-refractivity contribution in [2.75, 3.05) is 11.9 Å². The van der Waals surface area contributed by atoms with Gasteiger partial charge in [0.05, 0.1) is 0 Å². The van der Waals surface area contributed by atoms with Gasteiger partial charge in [-0.2, -0.15) is 15.0 Å². The van der Waals surface area contributed by atoms with Crippen molar-refractivity contribution in [3.8, 4) is 0 Å². The molecule has 0 saturated heterocycles. The van der Waals surface area contributed by atoms with Crippen molar-refractivity contribution in [1.29, 1.82) is 0 Å². The van der Waals surface area contributed by atoms with E-state index in [1.54, 1.807) is 0 Å². The van der Waals surface area contributed by atoms with Crippen molar-refractivity contribution in [2.45, 2.75) is 66.7 Å². The molecule has 0 atom stereocenters. The number of rotatable bonds is 5. The van der Waals surface area contributed by atoms with Gasteiger partial charge in [0, 0.05) is 16.8 Å². The van der Waals surface area contributed by atoms with Crippen LogP contribution in [0.15, 0.2) is 10.3 Å². The summed E-state index contributed by atoms with van der Waals surface area (Å²) in [7, 11) is 1.32. The lowest BCUT2D eigenvalue weighted by Crippen LogP contribution is -2.15. The summed E-state index contributed by atoms with van der Waals surface area (Å²) in [6.07, 6.45) is 11.1. The number of hydrogen-bond acceptors (Lipinski definition) is 6. The minimum atomic E-state index is 0.413. The first kappa shape index (κ1) is 16.1. The van der Waals surface area contributed by atoms with Gasteiger partial charge in [0.15, 0.2) is 10.3 Å². The van der Waals surface area contributed by atoms with Gasteiger partial charge >= 0.3 is 0 Å². The van der Waals surface area contributed by atoms with E-state index in [1.807, 2.05) is 0 Å². The first-order valence-electron chi connectivity index (χ1n) is 7.45. The summed E-state index contributed by atoms with van der Waals surface area (Å²) in [6.45, 7) is 0.911. The molecule has 1 N–H and O–H groups in total. The van der Waals surface area contributed by atoms with Gasteiger partial charge in [-0.3, -0.25) is 0 Å². The summed E-state index contributed by atoms with van der Waals surface area (Å²) >= 11 is 8.26. The quantitative estimate of drug-likeness (QED) is 0.336. The molecule has 0 aromatic carbocycles. The van der Waals surface area contributed by atoms with E-state index < -0.39 is 0 Å². The monoisotopic (exact) mass is 328 g/mol. The van der Waals surface area contributed by atoms with Crippen LogP contribution >= 0.6 is 25.3 Å². The molecular weight excluding hydrogens is 304 g/mol. The van der Waals surface area contributed by atoms with Crippen LogP contribution in [-0.2, 0) is 0 Å². The van der Waals surface area contributed by atoms with Crippen molar-refractivity contribution < 1.29 is 0 Å². The molecule has 0 unspecified atom stereocenters. The molecule has 1 aliphatic rings. The Morgan fingerprint density at radius 2 is 1.60 bits per heavy atom. The van der Waals surface area contributed by atoms with Crippen LogP contribution in [0.5, 0.6) is 0 Å². The minimum Gasteiger partial charge on any atom is -0.354 e. The van der Waals surface area contributed by atoms with Gasteiger partial charge in [0.1, 0.15) is 0 Å². The van der Waals surface area contributed by atoms with Crippen LogP contribution in [0, 0.1) is 0 Å². The maximum absolute atomic E-state index is 4.14. The third kappa shape index (κ3) is 5.25. The molecule has 0 spiro atoms. The van der Waals surface area contributed by atoms with Crippen molar-refractivity contribution in [3.63, 3.8) is 0 Å². The molecule has 1 aromatic heterocycles. The molecule has 4 nitrogen and oxygen atoms in total. The van der Waals surface area contributed by atoms with Gasteiger partial charge in [0.2, 0.25) is 5.95 Å². The Balaban J connectivity index is 1.75. The molecule has 20 heavy (non-hydrogen) atoms. The molecule has 0 bridgehead atoms. The molecule has 0 amide bonds. The van der Waals surface area contributed by atoms with Crippen molar-refractivity contribution >= 4 is 41.4 Å². The van der Waals surface area contributed by atoms with E-state index in [1.165, 1.54) is 61.6 Å². The first-order chi connectivity index (χ1) is 9.57. The lowest BCUT2D eigenvalue weighted by atomic mass is 9.93. The summed E-state index contributed by atoms with van der Waals surface area (Å²) in [5.74, 6) is 0.582. The first-order valence-corrected chi connectivity index (χ1v) is 9.35. The van der Waals surface area contributed by atoms with Crippen LogP contribution in [0.4, 0.5) is 5.95 Å². The summed E-state index contributed by atoms with van der Waals surface area (Å²) in [5, 5.41) is 4.75. The zero-order valence-electron chi connectivity index (χ0n) is 12.1. The Hall–Kier alpha value is -0.273. The number of anilines is 1. The minimum absolute atomic E-state index is 0.413. The van der Waals surface area contributed by atoms with E-state index in [9.17, 15) is 0 Å². The van der Waals surface area contributed by atoms with E-state index in [-0.39, 0.29) is 0 Å². The highest BCUT2D eigenvalue weighted by atomic mass is 32.1. The zero-order valence-corrected chi connectivity index (χ0v) is 15.9. The van der Waals surface area contributed by atoms with Gasteiger partial charge in [-0.05, 0) is 17.9 Å². The van der Waals surface area contributed by atoms with Crippen molar-refractivity contribution in [2.24, 2.45) is 0 Å². The van der Waals surface area contributed by atoms with Crippen LogP contribution < -0.4 is 5.32 Å². The third-order valence-corrected chi connectivity index (χ3v) is 6.06. The molecule has 7 heteroatoms. The second-order valence-corrected chi connectivity index (χ2v) is 8.94. The number of thiol groups is 2. The predicted octanol–water partition coefficient (Wildman–Crippen LogP) is 2.52. The molecule has 0 aliphatic heterocycles. The van der Waals surface area contributed by atoms with Crippen LogP contribution in [0.25, 0.3) is 0 Å². The van der Waals surface area contributed by atoms with E-state index in [0.717, 1.165) is 6.54 Å². The number of nitrogens with one attached hydrogen (secondary N) is 1. The van der Waals surface area contributed by atoms with Gasteiger partial charge < -0.3 is 5.32 Å². The standard InChI is InChI=1S/C13H24N4S2Si/c18-11-15-10(16-12(19)17-11)14-9-5-8-13(20)6-3-1-2-4-7-13/h1-9H2,20H3,(H3,14,15,16,17,18,19). The molecule has 1 aliphatic carbocycles. The molecule has 1 heterocycles. The largest absolute Gasteiger partial charge is 0.354 e. The predicted molar refractivity (Wildman–Crippen MR) is 92.4 cm³/mol. The zero-order chi connectivity index (χ0) is 14.4. The fourth-order valence-corrected chi connectivity index (χ4v) is 4.50. The molecule has 1 fully saturated rings. The maximum atomic E-state index is 4.14. The molecule has 112 valence electrons. The normalized spacial score (nSPS) is 18.7. The number of hydrogen-bond donors (Lipinski definition) is 3. The molecule has 2 rings (SSSR count). The number of aromatic nitrogens is 3. The summed E-state index contributed by atoms with van der Waals surface area (Å²) < 4.78 is 0. The smallest absolute Gasteiger partial charge is 0.227 e. The number of nitrogens with zero attached hydrogens (tertiary/aromatic N) is 3. The van der Waals surface area contributed by atoms with Crippen molar-refractivity contribution in [3.05, 3.63) is 0 Å². The van der Waals surface area contributed by atoms with Gasteiger partial charge in [-0.25, -0.2) is 0 Å². The Morgan fingerprint density at radius 3 is 2.20 bits per heavy atom. The highest BCUT2D eigenvalue weighted by Gasteiger charge is 2.24. The second kappa shape index (κ2) is 7.65. The van der Waals surface area contributed by atoms with E-state index in [4.69, 9.17) is 0 Å². The summed E-state index contributed by atoms with van der Waals surface area (Å²) in [5.41, 5.74) is 0. The van der Waals surface area contributed by atoms with E-state index >= 15 is 0 Å². The Labute approximate surface area is 135 Å². The highest BCUT2D eigenvalue weighted by Crippen LogP contribution is 2.42. The van der Waals surface area contributed by atoms with E-state index in [2.05, 4.69) is 45.5 Å². The van der Waals surface area contributed by atoms with Crippen molar-refractivity contribution in [1.82, 2.24) is 15.0 Å². The highest BCUT2D eigenvalue weighted by molar-refractivity contribution is 7.80. The van der Waals surface area contributed by atoms with Gasteiger partial charge in [0.25, 0.3) is 0 Å². The van der Waals surface area contributed by atoms with Gasteiger partial charge in [-0.15, -0.1) is 25.3 Å². The molecular formula is C13H24N4S2Si. The topological polar surface area (TPSA) is 50.7 Å².